The fraction of sp³-hybridized carbons (Fsp3) is 0.190. The molecule has 3 aromatic carbocycles. The highest BCUT2D eigenvalue weighted by Crippen LogP contribution is 2.25. The Bertz CT molecular complexity index is 886. The van der Waals surface area contributed by atoms with Gasteiger partial charge in [0.2, 0.25) is 5.91 Å². The molecular weight excluding hydrogens is 318 g/mol. The molecule has 0 saturated heterocycles. The van der Waals surface area contributed by atoms with Crippen molar-refractivity contribution in [3.8, 4) is 0 Å². The van der Waals surface area contributed by atoms with E-state index in [0.29, 0.717) is 11.4 Å². The molecule has 0 atom stereocenters. The first-order valence-corrected chi connectivity index (χ1v) is 8.36. The molecule has 3 rings (SSSR count). The summed E-state index contributed by atoms with van der Waals surface area (Å²) in [5.41, 5.74) is 1.55. The molecule has 3 heteroatoms. The van der Waals surface area contributed by atoms with E-state index >= 15 is 0 Å². The Morgan fingerprint density at radius 2 is 1.71 bits per heavy atom. The van der Waals surface area contributed by atoms with Crippen molar-refractivity contribution in [1.82, 2.24) is 5.32 Å². The number of fused-ring (bicyclic) bond motifs is 1. The van der Waals surface area contributed by atoms with Crippen LogP contribution >= 0.6 is 11.6 Å². The molecule has 1 N–H and O–H groups in total. The highest BCUT2D eigenvalue weighted by Gasteiger charge is 2.23. The van der Waals surface area contributed by atoms with E-state index in [1.165, 1.54) is 10.8 Å². The maximum atomic E-state index is 12.4. The standard InChI is InChI=1S/C21H20ClNO/c1-21(2,18-11-10-16-7-3-4-8-17(16)14-18)23-20(24)13-15-6-5-9-19(22)12-15/h3-12,14H,13H2,1-2H3,(H,23,24). The van der Waals surface area contributed by atoms with Crippen molar-refractivity contribution in [2.45, 2.75) is 25.8 Å². The molecule has 3 aromatic rings. The van der Waals surface area contributed by atoms with Crippen LogP contribution in [0.25, 0.3) is 10.8 Å². The summed E-state index contributed by atoms with van der Waals surface area (Å²) in [4.78, 5) is 12.4. The monoisotopic (exact) mass is 337 g/mol. The lowest BCUT2D eigenvalue weighted by Crippen LogP contribution is -2.41. The van der Waals surface area contributed by atoms with Crippen LogP contribution in [0, 0.1) is 0 Å². The number of halogens is 1. The molecule has 1 amide bonds. The molecule has 0 saturated carbocycles. The van der Waals surface area contributed by atoms with Crippen molar-refractivity contribution >= 4 is 28.3 Å². The van der Waals surface area contributed by atoms with Crippen molar-refractivity contribution in [2.24, 2.45) is 0 Å². The van der Waals surface area contributed by atoms with Gasteiger partial charge in [-0.25, -0.2) is 0 Å². The lowest BCUT2D eigenvalue weighted by molar-refractivity contribution is -0.122. The molecule has 24 heavy (non-hydrogen) atoms. The summed E-state index contributed by atoms with van der Waals surface area (Å²) >= 11 is 5.98. The van der Waals surface area contributed by atoms with Gasteiger partial charge in [0.15, 0.2) is 0 Å². The van der Waals surface area contributed by atoms with Crippen LogP contribution < -0.4 is 5.32 Å². The maximum absolute atomic E-state index is 12.4. The third-order valence-electron chi connectivity index (χ3n) is 4.18. The van der Waals surface area contributed by atoms with Gasteiger partial charge in [0.05, 0.1) is 12.0 Å². The number of hydrogen-bond donors (Lipinski definition) is 1. The number of nitrogens with one attached hydrogen (secondary N) is 1. The molecule has 0 bridgehead atoms. The van der Waals surface area contributed by atoms with Gasteiger partial charge in [0, 0.05) is 5.02 Å². The van der Waals surface area contributed by atoms with E-state index in [0.717, 1.165) is 11.1 Å². The van der Waals surface area contributed by atoms with E-state index in [1.807, 2.05) is 50.2 Å². The quantitative estimate of drug-likeness (QED) is 0.706. The van der Waals surface area contributed by atoms with E-state index < -0.39 is 5.54 Å². The molecule has 0 radical (unpaired) electrons. The number of benzene rings is 3. The van der Waals surface area contributed by atoms with Crippen LogP contribution in [0.5, 0.6) is 0 Å². The molecule has 122 valence electrons. The molecule has 0 fully saturated rings. The number of hydrogen-bond acceptors (Lipinski definition) is 1. The smallest absolute Gasteiger partial charge is 0.225 e. The second kappa shape index (κ2) is 6.66. The average Bonchev–Trinajstić information content (AvgIpc) is 2.53. The summed E-state index contributed by atoms with van der Waals surface area (Å²) in [7, 11) is 0. The Kier molecular flexibility index (Phi) is 4.59. The second-order valence-electron chi connectivity index (χ2n) is 6.54. The zero-order valence-electron chi connectivity index (χ0n) is 13.8. The largest absolute Gasteiger partial charge is 0.347 e. The Hall–Kier alpha value is -2.32. The summed E-state index contributed by atoms with van der Waals surface area (Å²) in [6, 6.07) is 21.9. The van der Waals surface area contributed by atoms with E-state index in [4.69, 9.17) is 11.6 Å². The van der Waals surface area contributed by atoms with Gasteiger partial charge in [-0.15, -0.1) is 0 Å². The minimum Gasteiger partial charge on any atom is -0.347 e. The number of rotatable bonds is 4. The number of carbonyl (C=O) groups is 1. The highest BCUT2D eigenvalue weighted by molar-refractivity contribution is 6.30. The van der Waals surface area contributed by atoms with Gasteiger partial charge >= 0.3 is 0 Å². The molecule has 0 aliphatic heterocycles. The van der Waals surface area contributed by atoms with Crippen LogP contribution in [0.2, 0.25) is 5.02 Å². The van der Waals surface area contributed by atoms with Crippen LogP contribution in [-0.4, -0.2) is 5.91 Å². The SMILES string of the molecule is CC(C)(NC(=O)Cc1cccc(Cl)c1)c1ccc2ccccc2c1. The normalized spacial score (nSPS) is 11.5. The van der Waals surface area contributed by atoms with Gasteiger partial charge in [0.25, 0.3) is 0 Å². The van der Waals surface area contributed by atoms with Crippen molar-refractivity contribution in [3.63, 3.8) is 0 Å². The van der Waals surface area contributed by atoms with Gasteiger partial charge < -0.3 is 5.32 Å². The van der Waals surface area contributed by atoms with E-state index in [1.54, 1.807) is 0 Å². The third kappa shape index (κ3) is 3.77. The fourth-order valence-corrected chi connectivity index (χ4v) is 3.09. The summed E-state index contributed by atoms with van der Waals surface area (Å²) in [6.45, 7) is 4.04. The van der Waals surface area contributed by atoms with Crippen LogP contribution in [-0.2, 0) is 16.8 Å². The zero-order valence-corrected chi connectivity index (χ0v) is 14.6. The van der Waals surface area contributed by atoms with Gasteiger partial charge in [-0.05, 0) is 53.9 Å². The van der Waals surface area contributed by atoms with Crippen molar-refractivity contribution in [2.75, 3.05) is 0 Å². The predicted molar refractivity (Wildman–Crippen MR) is 100 cm³/mol. The van der Waals surface area contributed by atoms with Crippen LogP contribution in [0.1, 0.15) is 25.0 Å². The Balaban J connectivity index is 1.77. The predicted octanol–water partition coefficient (Wildman–Crippen LogP) is 5.09. The molecule has 0 aliphatic carbocycles. The van der Waals surface area contributed by atoms with E-state index in [9.17, 15) is 4.79 Å². The van der Waals surface area contributed by atoms with E-state index in [-0.39, 0.29) is 5.91 Å². The minimum absolute atomic E-state index is 0.0181. The Morgan fingerprint density at radius 3 is 2.46 bits per heavy atom. The summed E-state index contributed by atoms with van der Waals surface area (Å²) < 4.78 is 0. The second-order valence-corrected chi connectivity index (χ2v) is 6.98. The van der Waals surface area contributed by atoms with Crippen molar-refractivity contribution in [1.29, 1.82) is 0 Å². The Morgan fingerprint density at radius 1 is 0.958 bits per heavy atom. The Labute approximate surface area is 147 Å². The number of amides is 1. The van der Waals surface area contributed by atoms with E-state index in [2.05, 4.69) is 35.6 Å². The van der Waals surface area contributed by atoms with Gasteiger partial charge in [-0.2, -0.15) is 0 Å². The molecule has 0 aromatic heterocycles. The van der Waals surface area contributed by atoms with Crippen molar-refractivity contribution in [3.05, 3.63) is 82.9 Å². The number of carbonyl (C=O) groups excluding carboxylic acids is 1. The zero-order chi connectivity index (χ0) is 17.2. The van der Waals surface area contributed by atoms with Crippen LogP contribution in [0.3, 0.4) is 0 Å². The lowest BCUT2D eigenvalue weighted by atomic mass is 9.92. The molecule has 0 unspecified atom stereocenters. The topological polar surface area (TPSA) is 29.1 Å². The summed E-state index contributed by atoms with van der Waals surface area (Å²) in [5, 5.41) is 6.14. The molecule has 0 aliphatic rings. The average molecular weight is 338 g/mol. The van der Waals surface area contributed by atoms with Crippen LogP contribution in [0.4, 0.5) is 0 Å². The molecular formula is C21H20ClNO. The third-order valence-corrected chi connectivity index (χ3v) is 4.41. The summed E-state index contributed by atoms with van der Waals surface area (Å²) in [6.07, 6.45) is 0.317. The minimum atomic E-state index is -0.445. The summed E-state index contributed by atoms with van der Waals surface area (Å²) in [5.74, 6) is -0.0181. The lowest BCUT2D eigenvalue weighted by Gasteiger charge is -2.27. The maximum Gasteiger partial charge on any atom is 0.225 e. The highest BCUT2D eigenvalue weighted by atomic mass is 35.5. The molecule has 0 heterocycles. The fourth-order valence-electron chi connectivity index (χ4n) is 2.88. The van der Waals surface area contributed by atoms with Gasteiger partial charge in [-0.1, -0.05) is 60.1 Å². The first-order chi connectivity index (χ1) is 11.4. The first kappa shape index (κ1) is 16.5. The molecule has 0 spiro atoms. The van der Waals surface area contributed by atoms with Gasteiger partial charge in [-0.3, -0.25) is 4.79 Å². The molecule has 2 nitrogen and oxygen atoms in total. The van der Waals surface area contributed by atoms with Crippen molar-refractivity contribution < 1.29 is 4.79 Å². The first-order valence-electron chi connectivity index (χ1n) is 7.99. The van der Waals surface area contributed by atoms with Gasteiger partial charge in [0.1, 0.15) is 0 Å². The van der Waals surface area contributed by atoms with Crippen LogP contribution in [0.15, 0.2) is 66.7 Å².